The van der Waals surface area contributed by atoms with E-state index in [-0.39, 0.29) is 11.7 Å². The summed E-state index contributed by atoms with van der Waals surface area (Å²) in [6, 6.07) is 0.152. The molecule has 1 aromatic rings. The van der Waals surface area contributed by atoms with Crippen LogP contribution < -0.4 is 10.6 Å². The lowest BCUT2D eigenvalue weighted by molar-refractivity contribution is 0.0593. The van der Waals surface area contributed by atoms with Crippen LogP contribution in [0.3, 0.4) is 0 Å². The summed E-state index contributed by atoms with van der Waals surface area (Å²) >= 11 is 0. The molecule has 0 saturated heterocycles. The van der Waals surface area contributed by atoms with Gasteiger partial charge in [0.05, 0.1) is 19.5 Å². The van der Waals surface area contributed by atoms with Gasteiger partial charge in [-0.2, -0.15) is 0 Å². The second-order valence-electron chi connectivity index (χ2n) is 4.87. The molecule has 1 heterocycles. The van der Waals surface area contributed by atoms with E-state index in [4.69, 9.17) is 5.73 Å². The topological polar surface area (TPSA) is 81.3 Å². The standard InChI is InChI=1S/C13H22N4O2/c1-9(2)10(14)5-6-17(3)12-8-15-7-11(16-12)13(18)19-4/h7-10H,5-6,14H2,1-4H3. The molecule has 19 heavy (non-hydrogen) atoms. The van der Waals surface area contributed by atoms with Gasteiger partial charge in [-0.3, -0.25) is 4.98 Å². The minimum atomic E-state index is -0.485. The number of hydrogen-bond acceptors (Lipinski definition) is 6. The summed E-state index contributed by atoms with van der Waals surface area (Å²) < 4.78 is 4.62. The van der Waals surface area contributed by atoms with Crippen molar-refractivity contribution in [2.75, 3.05) is 25.6 Å². The van der Waals surface area contributed by atoms with Crippen molar-refractivity contribution < 1.29 is 9.53 Å². The fourth-order valence-corrected chi connectivity index (χ4v) is 1.53. The molecule has 1 unspecified atom stereocenters. The number of methoxy groups -OCH3 is 1. The molecule has 0 bridgehead atoms. The molecule has 0 aliphatic rings. The fourth-order valence-electron chi connectivity index (χ4n) is 1.53. The first kappa shape index (κ1) is 15.4. The number of ether oxygens (including phenoxy) is 1. The number of nitrogens with two attached hydrogens (primary N) is 1. The van der Waals surface area contributed by atoms with Crippen molar-refractivity contribution in [1.82, 2.24) is 9.97 Å². The first-order valence-electron chi connectivity index (χ1n) is 6.32. The van der Waals surface area contributed by atoms with Gasteiger partial charge in [-0.15, -0.1) is 0 Å². The van der Waals surface area contributed by atoms with E-state index in [1.807, 2.05) is 11.9 Å². The lowest BCUT2D eigenvalue weighted by Gasteiger charge is -2.22. The Morgan fingerprint density at radius 1 is 1.47 bits per heavy atom. The Morgan fingerprint density at radius 2 is 2.16 bits per heavy atom. The predicted molar refractivity (Wildman–Crippen MR) is 74.1 cm³/mol. The van der Waals surface area contributed by atoms with E-state index < -0.39 is 5.97 Å². The van der Waals surface area contributed by atoms with Crippen molar-refractivity contribution in [2.45, 2.75) is 26.3 Å². The highest BCUT2D eigenvalue weighted by Crippen LogP contribution is 2.11. The van der Waals surface area contributed by atoms with Crippen molar-refractivity contribution >= 4 is 11.8 Å². The highest BCUT2D eigenvalue weighted by molar-refractivity contribution is 5.87. The predicted octanol–water partition coefficient (Wildman–Crippen LogP) is 1.07. The van der Waals surface area contributed by atoms with Gasteiger partial charge < -0.3 is 15.4 Å². The number of anilines is 1. The van der Waals surface area contributed by atoms with Crippen molar-refractivity contribution in [1.29, 1.82) is 0 Å². The van der Waals surface area contributed by atoms with Crippen LogP contribution in [0.2, 0.25) is 0 Å². The quantitative estimate of drug-likeness (QED) is 0.776. The second kappa shape index (κ2) is 7.04. The van der Waals surface area contributed by atoms with E-state index in [1.54, 1.807) is 6.20 Å². The summed E-state index contributed by atoms with van der Waals surface area (Å²) in [5.41, 5.74) is 6.21. The fraction of sp³-hybridized carbons (Fsp3) is 0.615. The molecule has 106 valence electrons. The van der Waals surface area contributed by atoms with Crippen LogP contribution in [0.5, 0.6) is 0 Å². The zero-order valence-electron chi connectivity index (χ0n) is 12.0. The van der Waals surface area contributed by atoms with Gasteiger partial charge in [0.2, 0.25) is 0 Å². The van der Waals surface area contributed by atoms with Crippen LogP contribution in [0.15, 0.2) is 12.4 Å². The molecule has 1 aromatic heterocycles. The SMILES string of the molecule is COC(=O)c1cncc(N(C)CCC(N)C(C)C)n1. The van der Waals surface area contributed by atoms with Gasteiger partial charge in [0.1, 0.15) is 5.82 Å². The summed E-state index contributed by atoms with van der Waals surface area (Å²) in [6.45, 7) is 4.96. The Labute approximate surface area is 114 Å². The molecule has 0 spiro atoms. The average molecular weight is 266 g/mol. The molecule has 1 atom stereocenters. The molecule has 0 amide bonds. The first-order valence-corrected chi connectivity index (χ1v) is 6.32. The Kier molecular flexibility index (Phi) is 5.69. The molecule has 0 aromatic carbocycles. The van der Waals surface area contributed by atoms with Crippen LogP contribution in [0.25, 0.3) is 0 Å². The third kappa shape index (κ3) is 4.48. The van der Waals surface area contributed by atoms with Crippen LogP contribution in [0, 0.1) is 5.92 Å². The van der Waals surface area contributed by atoms with E-state index in [0.29, 0.717) is 11.7 Å². The third-order valence-electron chi connectivity index (χ3n) is 3.06. The van der Waals surface area contributed by atoms with Crippen LogP contribution >= 0.6 is 0 Å². The lowest BCUT2D eigenvalue weighted by Crippen LogP contribution is -2.32. The highest BCUT2D eigenvalue weighted by atomic mass is 16.5. The smallest absolute Gasteiger partial charge is 0.358 e. The van der Waals surface area contributed by atoms with E-state index in [2.05, 4.69) is 28.6 Å². The van der Waals surface area contributed by atoms with Gasteiger partial charge in [-0.25, -0.2) is 9.78 Å². The van der Waals surface area contributed by atoms with E-state index in [9.17, 15) is 4.79 Å². The minimum Gasteiger partial charge on any atom is -0.464 e. The monoisotopic (exact) mass is 266 g/mol. The summed E-state index contributed by atoms with van der Waals surface area (Å²) in [5.74, 6) is 0.598. The summed E-state index contributed by atoms with van der Waals surface area (Å²) in [6.07, 6.45) is 3.87. The van der Waals surface area contributed by atoms with E-state index >= 15 is 0 Å². The normalized spacial score (nSPS) is 12.3. The maximum Gasteiger partial charge on any atom is 0.358 e. The van der Waals surface area contributed by atoms with Gasteiger partial charge in [0.15, 0.2) is 5.69 Å². The van der Waals surface area contributed by atoms with Crippen LogP contribution in [-0.2, 0) is 4.74 Å². The van der Waals surface area contributed by atoms with Crippen LogP contribution in [0.1, 0.15) is 30.8 Å². The lowest BCUT2D eigenvalue weighted by atomic mass is 10.0. The van der Waals surface area contributed by atoms with Gasteiger partial charge in [0.25, 0.3) is 0 Å². The first-order chi connectivity index (χ1) is 8.95. The molecule has 6 heteroatoms. The van der Waals surface area contributed by atoms with Crippen molar-refractivity contribution in [3.8, 4) is 0 Å². The molecule has 0 aliphatic heterocycles. The third-order valence-corrected chi connectivity index (χ3v) is 3.06. The second-order valence-corrected chi connectivity index (χ2v) is 4.87. The maximum atomic E-state index is 11.4. The Bertz CT molecular complexity index is 423. The Hall–Kier alpha value is -1.69. The molecule has 0 aliphatic carbocycles. The van der Waals surface area contributed by atoms with E-state index in [0.717, 1.165) is 13.0 Å². The van der Waals surface area contributed by atoms with Crippen molar-refractivity contribution in [3.63, 3.8) is 0 Å². The number of esters is 1. The largest absolute Gasteiger partial charge is 0.464 e. The van der Waals surface area contributed by atoms with Gasteiger partial charge in [0, 0.05) is 19.6 Å². The van der Waals surface area contributed by atoms with Crippen molar-refractivity contribution in [3.05, 3.63) is 18.1 Å². The summed E-state index contributed by atoms with van der Waals surface area (Å²) in [4.78, 5) is 21.5. The number of rotatable bonds is 6. The van der Waals surface area contributed by atoms with Gasteiger partial charge >= 0.3 is 5.97 Å². The van der Waals surface area contributed by atoms with Crippen molar-refractivity contribution in [2.24, 2.45) is 11.7 Å². The minimum absolute atomic E-state index is 0.152. The molecular weight excluding hydrogens is 244 g/mol. The average Bonchev–Trinajstić information content (AvgIpc) is 2.43. The Morgan fingerprint density at radius 3 is 2.74 bits per heavy atom. The zero-order chi connectivity index (χ0) is 14.4. The molecular formula is C13H22N4O2. The molecule has 1 rings (SSSR count). The maximum absolute atomic E-state index is 11.4. The summed E-state index contributed by atoms with van der Waals surface area (Å²) in [5, 5.41) is 0. The van der Waals surface area contributed by atoms with E-state index in [1.165, 1.54) is 13.3 Å². The summed E-state index contributed by atoms with van der Waals surface area (Å²) in [7, 11) is 3.22. The number of nitrogens with zero attached hydrogens (tertiary/aromatic N) is 3. The zero-order valence-corrected chi connectivity index (χ0v) is 12.0. The number of aromatic nitrogens is 2. The highest BCUT2D eigenvalue weighted by Gasteiger charge is 2.13. The Balaban J connectivity index is 2.66. The molecule has 0 saturated carbocycles. The van der Waals surface area contributed by atoms with Crippen LogP contribution in [0.4, 0.5) is 5.82 Å². The molecule has 6 nitrogen and oxygen atoms in total. The number of carbonyl (C=O) groups is 1. The molecule has 2 N–H and O–H groups in total. The van der Waals surface area contributed by atoms with Gasteiger partial charge in [-0.05, 0) is 12.3 Å². The molecule has 0 radical (unpaired) electrons. The number of hydrogen-bond donors (Lipinski definition) is 1. The van der Waals surface area contributed by atoms with Gasteiger partial charge in [-0.1, -0.05) is 13.8 Å². The number of carbonyl (C=O) groups excluding carboxylic acids is 1. The molecule has 0 fully saturated rings. The van der Waals surface area contributed by atoms with Crippen LogP contribution in [-0.4, -0.2) is 42.7 Å².